The largest absolute Gasteiger partial charge is 0.377 e. The van der Waals surface area contributed by atoms with Crippen LogP contribution in [0.2, 0.25) is 0 Å². The van der Waals surface area contributed by atoms with E-state index in [1.54, 1.807) is 31.2 Å². The van der Waals surface area contributed by atoms with Gasteiger partial charge in [-0.15, -0.1) is 0 Å². The molecule has 26 heavy (non-hydrogen) atoms. The normalized spacial score (nSPS) is 10.7. The van der Waals surface area contributed by atoms with Crippen LogP contribution in [0.3, 0.4) is 0 Å². The number of rotatable bonds is 7. The molecular formula is C20H21N3O3. The molecule has 1 aromatic heterocycles. The van der Waals surface area contributed by atoms with Crippen molar-refractivity contribution in [1.29, 1.82) is 0 Å². The molecule has 6 heteroatoms. The van der Waals surface area contributed by atoms with Crippen molar-refractivity contribution in [3.8, 4) is 11.5 Å². The number of aromatic nitrogens is 2. The second kappa shape index (κ2) is 8.40. The number of hydrogen-bond acceptors (Lipinski definition) is 5. The van der Waals surface area contributed by atoms with Crippen LogP contribution >= 0.6 is 0 Å². The van der Waals surface area contributed by atoms with E-state index in [2.05, 4.69) is 15.5 Å². The van der Waals surface area contributed by atoms with Crippen LogP contribution in [0.5, 0.6) is 0 Å². The third-order valence-corrected chi connectivity index (χ3v) is 3.94. The quantitative estimate of drug-likeness (QED) is 0.705. The van der Waals surface area contributed by atoms with Crippen LogP contribution in [-0.4, -0.2) is 22.7 Å². The first-order chi connectivity index (χ1) is 12.7. The van der Waals surface area contributed by atoms with Gasteiger partial charge in [-0.3, -0.25) is 4.79 Å². The Morgan fingerprint density at radius 1 is 1.12 bits per heavy atom. The smallest absolute Gasteiger partial charge is 0.257 e. The highest BCUT2D eigenvalue weighted by molar-refractivity contribution is 5.94. The molecule has 6 nitrogen and oxygen atoms in total. The minimum atomic E-state index is -0.135. The van der Waals surface area contributed by atoms with Gasteiger partial charge in [-0.1, -0.05) is 29.4 Å². The summed E-state index contributed by atoms with van der Waals surface area (Å²) in [4.78, 5) is 16.6. The Morgan fingerprint density at radius 3 is 2.50 bits per heavy atom. The number of hydrogen-bond donors (Lipinski definition) is 1. The lowest BCUT2D eigenvalue weighted by atomic mass is 10.1. The number of nitrogens with zero attached hydrogens (tertiary/aromatic N) is 2. The van der Waals surface area contributed by atoms with Crippen molar-refractivity contribution >= 4 is 5.91 Å². The maximum Gasteiger partial charge on any atom is 0.257 e. The van der Waals surface area contributed by atoms with Gasteiger partial charge in [0.05, 0.1) is 6.61 Å². The van der Waals surface area contributed by atoms with Gasteiger partial charge in [0.15, 0.2) is 5.82 Å². The Balaban J connectivity index is 1.64. The molecule has 1 heterocycles. The molecule has 0 radical (unpaired) electrons. The second-order valence-electron chi connectivity index (χ2n) is 5.81. The SMILES string of the molecule is CCOCc1ccccc1CNC(=O)c1ccc(-c2nc(C)no2)cc1. The van der Waals surface area contributed by atoms with E-state index in [1.807, 2.05) is 31.2 Å². The molecule has 1 N–H and O–H groups in total. The average molecular weight is 351 g/mol. The number of benzene rings is 2. The Bertz CT molecular complexity index is 872. The van der Waals surface area contributed by atoms with E-state index in [-0.39, 0.29) is 5.91 Å². The minimum absolute atomic E-state index is 0.135. The van der Waals surface area contributed by atoms with Crippen LogP contribution in [0, 0.1) is 6.92 Å². The van der Waals surface area contributed by atoms with Crippen molar-refractivity contribution in [3.05, 3.63) is 71.0 Å². The van der Waals surface area contributed by atoms with Crippen LogP contribution < -0.4 is 5.32 Å². The summed E-state index contributed by atoms with van der Waals surface area (Å²) in [5.41, 5.74) is 3.49. The summed E-state index contributed by atoms with van der Waals surface area (Å²) in [5.74, 6) is 0.885. The number of nitrogens with one attached hydrogen (secondary N) is 1. The zero-order valence-corrected chi connectivity index (χ0v) is 14.9. The van der Waals surface area contributed by atoms with Crippen LogP contribution in [-0.2, 0) is 17.9 Å². The molecule has 134 valence electrons. The fourth-order valence-electron chi connectivity index (χ4n) is 2.54. The van der Waals surface area contributed by atoms with Crippen LogP contribution in [0.4, 0.5) is 0 Å². The molecule has 0 saturated carbocycles. The number of amides is 1. The highest BCUT2D eigenvalue weighted by Gasteiger charge is 2.10. The van der Waals surface area contributed by atoms with Crippen molar-refractivity contribution in [2.45, 2.75) is 27.0 Å². The van der Waals surface area contributed by atoms with Gasteiger partial charge in [0, 0.05) is 24.3 Å². The average Bonchev–Trinajstić information content (AvgIpc) is 3.11. The number of ether oxygens (including phenoxy) is 1. The topological polar surface area (TPSA) is 77.2 Å². The predicted octanol–water partition coefficient (Wildman–Crippen LogP) is 3.51. The lowest BCUT2D eigenvalue weighted by Crippen LogP contribution is -2.23. The molecule has 0 spiro atoms. The van der Waals surface area contributed by atoms with Gasteiger partial charge in [-0.25, -0.2) is 0 Å². The fraction of sp³-hybridized carbons (Fsp3) is 0.250. The lowest BCUT2D eigenvalue weighted by Gasteiger charge is -2.11. The third kappa shape index (κ3) is 4.34. The van der Waals surface area contributed by atoms with Crippen LogP contribution in [0.15, 0.2) is 53.1 Å². The molecule has 0 aliphatic rings. The summed E-state index contributed by atoms with van der Waals surface area (Å²) in [7, 11) is 0. The zero-order valence-electron chi connectivity index (χ0n) is 14.9. The summed E-state index contributed by atoms with van der Waals surface area (Å²) in [6.45, 7) is 5.38. The molecule has 1 amide bonds. The van der Waals surface area contributed by atoms with Gasteiger partial charge in [0.2, 0.25) is 0 Å². The van der Waals surface area contributed by atoms with Crippen molar-refractivity contribution in [2.75, 3.05) is 6.61 Å². The molecule has 2 aromatic carbocycles. The first-order valence-corrected chi connectivity index (χ1v) is 8.51. The van der Waals surface area contributed by atoms with Crippen molar-refractivity contribution < 1.29 is 14.1 Å². The maximum absolute atomic E-state index is 12.4. The predicted molar refractivity (Wildman–Crippen MR) is 97.4 cm³/mol. The molecule has 3 aromatic rings. The zero-order chi connectivity index (χ0) is 18.4. The van der Waals surface area contributed by atoms with Gasteiger partial charge >= 0.3 is 0 Å². The third-order valence-electron chi connectivity index (χ3n) is 3.94. The fourth-order valence-corrected chi connectivity index (χ4v) is 2.54. The summed E-state index contributed by atoms with van der Waals surface area (Å²) in [5, 5.41) is 6.72. The van der Waals surface area contributed by atoms with Gasteiger partial charge in [0.1, 0.15) is 0 Å². The molecular weight excluding hydrogens is 330 g/mol. The first-order valence-electron chi connectivity index (χ1n) is 8.51. The Kier molecular flexibility index (Phi) is 5.76. The molecule has 0 atom stereocenters. The Morgan fingerprint density at radius 2 is 1.85 bits per heavy atom. The molecule has 0 fully saturated rings. The van der Waals surface area contributed by atoms with Gasteiger partial charge in [-0.2, -0.15) is 4.98 Å². The van der Waals surface area contributed by atoms with Gasteiger partial charge in [0.25, 0.3) is 11.8 Å². The number of aryl methyl sites for hydroxylation is 1. The van der Waals surface area contributed by atoms with E-state index < -0.39 is 0 Å². The Hall–Kier alpha value is -2.99. The molecule has 0 bridgehead atoms. The maximum atomic E-state index is 12.4. The van der Waals surface area contributed by atoms with E-state index >= 15 is 0 Å². The van der Waals surface area contributed by atoms with Gasteiger partial charge < -0.3 is 14.6 Å². The molecule has 3 rings (SSSR count). The van der Waals surface area contributed by atoms with E-state index in [0.717, 1.165) is 16.7 Å². The molecule has 0 saturated heterocycles. The van der Waals surface area contributed by atoms with E-state index in [4.69, 9.17) is 9.26 Å². The number of carbonyl (C=O) groups excluding carboxylic acids is 1. The Labute approximate surface area is 152 Å². The standard InChI is InChI=1S/C20H21N3O3/c1-3-25-13-18-7-5-4-6-17(18)12-21-19(24)15-8-10-16(11-9-15)20-22-14(2)23-26-20/h4-11H,3,12-13H2,1-2H3,(H,21,24). The van der Waals surface area contributed by atoms with Crippen molar-refractivity contribution in [2.24, 2.45) is 0 Å². The van der Waals surface area contributed by atoms with Gasteiger partial charge in [-0.05, 0) is 49.2 Å². The van der Waals surface area contributed by atoms with E-state index in [9.17, 15) is 4.79 Å². The minimum Gasteiger partial charge on any atom is -0.377 e. The summed E-state index contributed by atoms with van der Waals surface area (Å²) < 4.78 is 10.6. The van der Waals surface area contributed by atoms with E-state index in [0.29, 0.717) is 37.0 Å². The first kappa shape index (κ1) is 17.8. The monoisotopic (exact) mass is 351 g/mol. The highest BCUT2D eigenvalue weighted by atomic mass is 16.5. The van der Waals surface area contributed by atoms with Crippen molar-refractivity contribution in [1.82, 2.24) is 15.5 Å². The van der Waals surface area contributed by atoms with Crippen LogP contribution in [0.25, 0.3) is 11.5 Å². The number of carbonyl (C=O) groups is 1. The highest BCUT2D eigenvalue weighted by Crippen LogP contribution is 2.18. The van der Waals surface area contributed by atoms with Crippen LogP contribution in [0.1, 0.15) is 34.2 Å². The molecule has 0 unspecified atom stereocenters. The second-order valence-corrected chi connectivity index (χ2v) is 5.81. The lowest BCUT2D eigenvalue weighted by molar-refractivity contribution is 0.0950. The summed E-state index contributed by atoms with van der Waals surface area (Å²) in [6, 6.07) is 15.0. The summed E-state index contributed by atoms with van der Waals surface area (Å²) >= 11 is 0. The van der Waals surface area contributed by atoms with Crippen molar-refractivity contribution in [3.63, 3.8) is 0 Å². The summed E-state index contributed by atoms with van der Waals surface area (Å²) in [6.07, 6.45) is 0. The van der Waals surface area contributed by atoms with E-state index in [1.165, 1.54) is 0 Å². The molecule has 0 aliphatic heterocycles. The molecule has 0 aliphatic carbocycles.